The van der Waals surface area contributed by atoms with E-state index in [9.17, 15) is 9.59 Å². The molecule has 0 N–H and O–H groups in total. The topological polar surface area (TPSA) is 43.9 Å². The summed E-state index contributed by atoms with van der Waals surface area (Å²) >= 11 is 0. The molecule has 2 heterocycles. The maximum Gasteiger partial charge on any atom is 0.245 e. The van der Waals surface area contributed by atoms with Crippen LogP contribution in [0, 0.1) is 0 Å². The largest absolute Gasteiger partial charge is 0.338 e. The third-order valence-corrected chi connectivity index (χ3v) is 4.66. The van der Waals surface area contributed by atoms with Crippen molar-refractivity contribution in [1.29, 1.82) is 0 Å². The second-order valence-electron chi connectivity index (χ2n) is 5.91. The molecule has 3 rings (SSSR count). The van der Waals surface area contributed by atoms with Gasteiger partial charge in [-0.25, -0.2) is 0 Å². The Kier molecular flexibility index (Phi) is 4.43. The first-order valence-electron chi connectivity index (χ1n) is 8.09. The fraction of sp³-hybridized carbons (Fsp3) is 0.529. The molecule has 1 unspecified atom stereocenters. The second-order valence-corrected chi connectivity index (χ2v) is 5.91. The van der Waals surface area contributed by atoms with Gasteiger partial charge in [0.1, 0.15) is 6.04 Å². The monoisotopic (exact) mass is 301 g/mol. The first-order chi connectivity index (χ1) is 10.7. The number of benzene rings is 1. The highest BCUT2D eigenvalue weighted by atomic mass is 16.2. The van der Waals surface area contributed by atoms with Crippen molar-refractivity contribution in [3.8, 4) is 0 Å². The number of rotatable bonds is 3. The van der Waals surface area contributed by atoms with Crippen LogP contribution in [0.2, 0.25) is 0 Å². The number of hydrogen-bond donors (Lipinski definition) is 0. The maximum atomic E-state index is 12.8. The second kappa shape index (κ2) is 6.48. The predicted molar refractivity (Wildman–Crippen MR) is 85.6 cm³/mol. The number of carbonyl (C=O) groups excluding carboxylic acids is 2. The average molecular weight is 301 g/mol. The van der Waals surface area contributed by atoms with Gasteiger partial charge in [0.25, 0.3) is 0 Å². The standard InChI is InChI=1S/C17H23N3O2/c1-2-18-10-12-19(13-11-18)17(22)15-8-9-16(21)20(15)14-6-4-3-5-7-14/h3-7,15H,2,8-13H2,1H3. The summed E-state index contributed by atoms with van der Waals surface area (Å²) in [6.07, 6.45) is 1.08. The van der Waals surface area contributed by atoms with Crippen molar-refractivity contribution in [1.82, 2.24) is 9.80 Å². The van der Waals surface area contributed by atoms with Crippen molar-refractivity contribution in [2.75, 3.05) is 37.6 Å². The zero-order valence-electron chi connectivity index (χ0n) is 13.1. The van der Waals surface area contributed by atoms with Crippen LogP contribution in [-0.2, 0) is 9.59 Å². The number of likely N-dealkylation sites (N-methyl/N-ethyl adjacent to an activating group) is 1. The predicted octanol–water partition coefficient (Wildman–Crippen LogP) is 1.35. The van der Waals surface area contributed by atoms with Gasteiger partial charge in [-0.15, -0.1) is 0 Å². The van der Waals surface area contributed by atoms with Crippen molar-refractivity contribution in [2.24, 2.45) is 0 Å². The molecular weight excluding hydrogens is 278 g/mol. The summed E-state index contributed by atoms with van der Waals surface area (Å²) in [6.45, 7) is 6.55. The minimum absolute atomic E-state index is 0.0525. The first kappa shape index (κ1) is 15.0. The van der Waals surface area contributed by atoms with Crippen LogP contribution in [0.25, 0.3) is 0 Å². The zero-order valence-corrected chi connectivity index (χ0v) is 13.1. The van der Waals surface area contributed by atoms with Crippen LogP contribution in [0.4, 0.5) is 5.69 Å². The molecule has 1 aromatic carbocycles. The van der Waals surface area contributed by atoms with Crippen LogP contribution in [-0.4, -0.2) is 60.4 Å². The number of carbonyl (C=O) groups is 2. The number of hydrogen-bond acceptors (Lipinski definition) is 3. The van der Waals surface area contributed by atoms with E-state index in [-0.39, 0.29) is 17.9 Å². The fourth-order valence-electron chi connectivity index (χ4n) is 3.33. The zero-order chi connectivity index (χ0) is 15.5. The number of anilines is 1. The number of para-hydroxylation sites is 1. The third kappa shape index (κ3) is 2.86. The normalized spacial score (nSPS) is 23.1. The van der Waals surface area contributed by atoms with E-state index in [1.54, 1.807) is 4.90 Å². The number of amides is 2. The van der Waals surface area contributed by atoms with Crippen molar-refractivity contribution >= 4 is 17.5 Å². The van der Waals surface area contributed by atoms with Gasteiger partial charge in [-0.1, -0.05) is 25.1 Å². The van der Waals surface area contributed by atoms with Crippen LogP contribution < -0.4 is 4.90 Å². The smallest absolute Gasteiger partial charge is 0.245 e. The summed E-state index contributed by atoms with van der Waals surface area (Å²) in [5, 5.41) is 0. The minimum atomic E-state index is -0.330. The van der Waals surface area contributed by atoms with Gasteiger partial charge in [0.05, 0.1) is 0 Å². The molecule has 5 nitrogen and oxygen atoms in total. The lowest BCUT2D eigenvalue weighted by Crippen LogP contribution is -2.54. The van der Waals surface area contributed by atoms with Gasteiger partial charge in [-0.05, 0) is 25.1 Å². The maximum absolute atomic E-state index is 12.8. The van der Waals surface area contributed by atoms with Gasteiger partial charge in [-0.2, -0.15) is 0 Å². The van der Waals surface area contributed by atoms with E-state index in [0.29, 0.717) is 12.8 Å². The molecule has 5 heteroatoms. The Balaban J connectivity index is 1.73. The summed E-state index contributed by atoms with van der Waals surface area (Å²) in [6, 6.07) is 9.20. The molecule has 0 saturated carbocycles. The lowest BCUT2D eigenvalue weighted by molar-refractivity contribution is -0.134. The van der Waals surface area contributed by atoms with Gasteiger partial charge in [0.15, 0.2) is 0 Å². The molecule has 1 atom stereocenters. The molecule has 2 amide bonds. The van der Waals surface area contributed by atoms with Crippen molar-refractivity contribution in [3.63, 3.8) is 0 Å². The average Bonchev–Trinajstić information content (AvgIpc) is 2.96. The Morgan fingerprint density at radius 3 is 2.45 bits per heavy atom. The van der Waals surface area contributed by atoms with E-state index < -0.39 is 0 Å². The van der Waals surface area contributed by atoms with E-state index >= 15 is 0 Å². The van der Waals surface area contributed by atoms with E-state index in [1.165, 1.54) is 0 Å². The molecule has 1 aromatic rings. The highest BCUT2D eigenvalue weighted by Gasteiger charge is 2.39. The van der Waals surface area contributed by atoms with E-state index in [2.05, 4.69) is 11.8 Å². The molecule has 0 aromatic heterocycles. The Bertz CT molecular complexity index is 538. The van der Waals surface area contributed by atoms with Crippen LogP contribution >= 0.6 is 0 Å². The van der Waals surface area contributed by atoms with Crippen LogP contribution in [0.15, 0.2) is 30.3 Å². The quantitative estimate of drug-likeness (QED) is 0.846. The van der Waals surface area contributed by atoms with Crippen molar-refractivity contribution < 1.29 is 9.59 Å². The molecule has 0 radical (unpaired) electrons. The molecule has 2 aliphatic rings. The summed E-state index contributed by atoms with van der Waals surface area (Å²) in [7, 11) is 0. The highest BCUT2D eigenvalue weighted by Crippen LogP contribution is 2.27. The van der Waals surface area contributed by atoms with Gasteiger partial charge < -0.3 is 9.80 Å². The molecule has 2 saturated heterocycles. The fourth-order valence-corrected chi connectivity index (χ4v) is 3.33. The van der Waals surface area contributed by atoms with E-state index in [4.69, 9.17) is 0 Å². The third-order valence-electron chi connectivity index (χ3n) is 4.66. The Morgan fingerprint density at radius 2 is 1.82 bits per heavy atom. The molecule has 0 aliphatic carbocycles. The molecule has 2 aliphatic heterocycles. The molecule has 0 spiro atoms. The van der Waals surface area contributed by atoms with Crippen LogP contribution in [0.1, 0.15) is 19.8 Å². The molecule has 22 heavy (non-hydrogen) atoms. The van der Waals surface area contributed by atoms with Gasteiger partial charge in [0.2, 0.25) is 11.8 Å². The molecular formula is C17H23N3O2. The Labute approximate surface area is 131 Å². The molecule has 0 bridgehead atoms. The minimum Gasteiger partial charge on any atom is -0.338 e. The molecule has 2 fully saturated rings. The first-order valence-corrected chi connectivity index (χ1v) is 8.09. The lowest BCUT2D eigenvalue weighted by atomic mass is 10.1. The summed E-state index contributed by atoms with van der Waals surface area (Å²) < 4.78 is 0. The van der Waals surface area contributed by atoms with E-state index in [0.717, 1.165) is 38.4 Å². The summed E-state index contributed by atoms with van der Waals surface area (Å²) in [4.78, 5) is 31.0. The van der Waals surface area contributed by atoms with Crippen molar-refractivity contribution in [3.05, 3.63) is 30.3 Å². The highest BCUT2D eigenvalue weighted by molar-refractivity contribution is 6.03. The van der Waals surface area contributed by atoms with Gasteiger partial charge in [0, 0.05) is 38.3 Å². The molecule has 118 valence electrons. The van der Waals surface area contributed by atoms with E-state index in [1.807, 2.05) is 35.2 Å². The van der Waals surface area contributed by atoms with Crippen molar-refractivity contribution in [2.45, 2.75) is 25.8 Å². The van der Waals surface area contributed by atoms with Crippen LogP contribution in [0.3, 0.4) is 0 Å². The number of piperazine rings is 1. The number of nitrogens with zero attached hydrogens (tertiary/aromatic N) is 3. The summed E-state index contributed by atoms with van der Waals surface area (Å²) in [5.41, 5.74) is 0.829. The SMILES string of the molecule is CCN1CCN(C(=O)C2CCC(=O)N2c2ccccc2)CC1. The van der Waals surface area contributed by atoms with Gasteiger partial charge >= 0.3 is 0 Å². The lowest BCUT2D eigenvalue weighted by Gasteiger charge is -2.36. The Hall–Kier alpha value is -1.88. The Morgan fingerprint density at radius 1 is 1.14 bits per heavy atom. The summed E-state index contributed by atoms with van der Waals surface area (Å²) in [5.74, 6) is 0.155. The van der Waals surface area contributed by atoms with Crippen LogP contribution in [0.5, 0.6) is 0 Å². The van der Waals surface area contributed by atoms with Gasteiger partial charge in [-0.3, -0.25) is 14.5 Å².